The van der Waals surface area contributed by atoms with Crippen LogP contribution in [0.3, 0.4) is 0 Å². The van der Waals surface area contributed by atoms with Gasteiger partial charge in [0.1, 0.15) is 5.01 Å². The van der Waals surface area contributed by atoms with Crippen LogP contribution in [0.2, 0.25) is 0 Å². The van der Waals surface area contributed by atoms with Gasteiger partial charge in [-0.05, 0) is 26.2 Å². The first-order chi connectivity index (χ1) is 9.96. The second kappa shape index (κ2) is 6.80. The Kier molecular flexibility index (Phi) is 5.28. The molecule has 0 spiro atoms. The first kappa shape index (κ1) is 16.3. The molecule has 2 heterocycles. The van der Waals surface area contributed by atoms with Crippen molar-refractivity contribution in [1.82, 2.24) is 14.5 Å². The topological polar surface area (TPSA) is 92.3 Å². The first-order valence-electron chi connectivity index (χ1n) is 7.07. The Morgan fingerprint density at radius 1 is 1.43 bits per heavy atom. The van der Waals surface area contributed by atoms with Crippen molar-refractivity contribution in [2.24, 2.45) is 5.92 Å². The smallest absolute Gasteiger partial charge is 0.230 e. The fraction of sp³-hybridized carbons (Fsp3) is 0.750. The molecule has 0 radical (unpaired) electrons. The molecule has 21 heavy (non-hydrogen) atoms. The van der Waals surface area contributed by atoms with Gasteiger partial charge in [0.25, 0.3) is 0 Å². The number of piperidine rings is 1. The van der Waals surface area contributed by atoms with Crippen LogP contribution in [-0.2, 0) is 21.2 Å². The van der Waals surface area contributed by atoms with Gasteiger partial charge in [-0.15, -0.1) is 10.2 Å². The zero-order valence-corrected chi connectivity index (χ0v) is 13.8. The summed E-state index contributed by atoms with van der Waals surface area (Å²) in [6, 6.07) is 0. The predicted octanol–water partition coefficient (Wildman–Crippen LogP) is 1.10. The number of rotatable bonds is 5. The van der Waals surface area contributed by atoms with E-state index in [1.54, 1.807) is 6.92 Å². The highest BCUT2D eigenvalue weighted by atomic mass is 32.2. The third-order valence-corrected chi connectivity index (χ3v) is 6.34. The molecule has 1 aromatic heterocycles. The summed E-state index contributed by atoms with van der Waals surface area (Å²) in [4.78, 5) is 12.2. The van der Waals surface area contributed by atoms with Crippen molar-refractivity contribution in [3.05, 3.63) is 5.01 Å². The van der Waals surface area contributed by atoms with Crippen LogP contribution in [0.1, 0.15) is 31.7 Å². The molecule has 0 aromatic carbocycles. The normalized spacial score (nSPS) is 20.4. The summed E-state index contributed by atoms with van der Waals surface area (Å²) < 4.78 is 25.2. The van der Waals surface area contributed by atoms with Crippen molar-refractivity contribution in [2.45, 2.75) is 33.1 Å². The minimum Gasteiger partial charge on any atom is -0.300 e. The summed E-state index contributed by atoms with van der Waals surface area (Å²) >= 11 is 1.35. The quantitative estimate of drug-likeness (QED) is 0.871. The molecule has 118 valence electrons. The summed E-state index contributed by atoms with van der Waals surface area (Å²) in [6.45, 7) is 4.34. The Morgan fingerprint density at radius 3 is 2.81 bits per heavy atom. The van der Waals surface area contributed by atoms with E-state index >= 15 is 0 Å². The van der Waals surface area contributed by atoms with E-state index in [9.17, 15) is 13.2 Å². The summed E-state index contributed by atoms with van der Waals surface area (Å²) in [5, 5.41) is 11.9. The standard InChI is InChI=1S/C12H20N4O3S2/c1-3-10-14-15-12(20-10)13-11(17)9-6-5-7-16(8-9)21(18,19)4-2/h9H,3-8H2,1-2H3,(H,13,15,17)/t9-/m1/s1. The van der Waals surface area contributed by atoms with Crippen LogP contribution in [-0.4, -0.2) is 47.7 Å². The largest absolute Gasteiger partial charge is 0.300 e. The monoisotopic (exact) mass is 332 g/mol. The Bertz CT molecular complexity index is 599. The van der Waals surface area contributed by atoms with Gasteiger partial charge in [-0.3, -0.25) is 4.79 Å². The molecule has 7 nitrogen and oxygen atoms in total. The lowest BCUT2D eigenvalue weighted by Gasteiger charge is -2.30. The summed E-state index contributed by atoms with van der Waals surface area (Å²) in [6.07, 6.45) is 2.17. The van der Waals surface area contributed by atoms with Crippen LogP contribution in [0.5, 0.6) is 0 Å². The third kappa shape index (κ3) is 3.98. The second-order valence-corrected chi connectivity index (χ2v) is 8.26. The number of hydrogen-bond donors (Lipinski definition) is 1. The molecule has 1 amide bonds. The number of hydrogen-bond acceptors (Lipinski definition) is 6. The van der Waals surface area contributed by atoms with Crippen molar-refractivity contribution in [3.63, 3.8) is 0 Å². The first-order valence-corrected chi connectivity index (χ1v) is 9.50. The van der Waals surface area contributed by atoms with Gasteiger partial charge in [0.05, 0.1) is 11.7 Å². The molecule has 1 aromatic rings. The van der Waals surface area contributed by atoms with Crippen molar-refractivity contribution in [2.75, 3.05) is 24.2 Å². The van der Waals surface area contributed by atoms with Gasteiger partial charge in [0.2, 0.25) is 21.1 Å². The highest BCUT2D eigenvalue weighted by Gasteiger charge is 2.31. The van der Waals surface area contributed by atoms with Gasteiger partial charge in [0, 0.05) is 13.1 Å². The van der Waals surface area contributed by atoms with E-state index in [1.807, 2.05) is 6.92 Å². The van der Waals surface area contributed by atoms with Crippen LogP contribution >= 0.6 is 11.3 Å². The van der Waals surface area contributed by atoms with Crippen molar-refractivity contribution < 1.29 is 13.2 Å². The number of carbonyl (C=O) groups is 1. The van der Waals surface area contributed by atoms with Crippen LogP contribution in [0.15, 0.2) is 0 Å². The lowest BCUT2D eigenvalue weighted by Crippen LogP contribution is -2.44. The zero-order valence-electron chi connectivity index (χ0n) is 12.2. The third-order valence-electron chi connectivity index (χ3n) is 3.51. The molecule has 1 saturated heterocycles. The van der Waals surface area contributed by atoms with Crippen LogP contribution in [0.25, 0.3) is 0 Å². The summed E-state index contributed by atoms with van der Waals surface area (Å²) in [7, 11) is -3.23. The van der Waals surface area contributed by atoms with Crippen molar-refractivity contribution >= 4 is 32.4 Å². The average Bonchev–Trinajstić information content (AvgIpc) is 2.95. The molecule has 1 aliphatic heterocycles. The van der Waals surface area contributed by atoms with Crippen LogP contribution in [0, 0.1) is 5.92 Å². The highest BCUT2D eigenvalue weighted by Crippen LogP contribution is 2.22. The van der Waals surface area contributed by atoms with Gasteiger partial charge < -0.3 is 5.32 Å². The maximum Gasteiger partial charge on any atom is 0.230 e. The SMILES string of the molecule is CCc1nnc(NC(=O)[C@@H]2CCCN(S(=O)(=O)CC)C2)s1. The fourth-order valence-electron chi connectivity index (χ4n) is 2.25. The summed E-state index contributed by atoms with van der Waals surface area (Å²) in [5.41, 5.74) is 0. The molecular weight excluding hydrogens is 312 g/mol. The minimum atomic E-state index is -3.23. The molecule has 1 atom stereocenters. The van der Waals surface area contributed by atoms with Crippen LogP contribution < -0.4 is 5.32 Å². The zero-order chi connectivity index (χ0) is 15.5. The van der Waals surface area contributed by atoms with Gasteiger partial charge >= 0.3 is 0 Å². The fourth-order valence-corrected chi connectivity index (χ4v) is 4.11. The maximum atomic E-state index is 12.2. The molecule has 2 rings (SSSR count). The second-order valence-electron chi connectivity index (χ2n) is 4.94. The molecule has 1 N–H and O–H groups in total. The Morgan fingerprint density at radius 2 is 2.19 bits per heavy atom. The summed E-state index contributed by atoms with van der Waals surface area (Å²) in [5.74, 6) is -0.434. The Balaban J connectivity index is 1.99. The average molecular weight is 332 g/mol. The van der Waals surface area contributed by atoms with E-state index in [1.165, 1.54) is 15.6 Å². The molecule has 0 saturated carbocycles. The molecule has 0 aliphatic carbocycles. The lowest BCUT2D eigenvalue weighted by atomic mass is 9.99. The molecular formula is C12H20N4O3S2. The number of aromatic nitrogens is 2. The Labute approximate surface area is 128 Å². The molecule has 9 heteroatoms. The predicted molar refractivity (Wildman–Crippen MR) is 81.7 cm³/mol. The molecule has 1 fully saturated rings. The van der Waals surface area contributed by atoms with Gasteiger partial charge in [-0.25, -0.2) is 12.7 Å². The number of nitrogens with zero attached hydrogens (tertiary/aromatic N) is 3. The number of aryl methyl sites for hydroxylation is 1. The maximum absolute atomic E-state index is 12.2. The van der Waals surface area contributed by atoms with E-state index in [-0.39, 0.29) is 24.1 Å². The van der Waals surface area contributed by atoms with E-state index in [0.29, 0.717) is 24.5 Å². The number of anilines is 1. The number of nitrogens with one attached hydrogen (secondary N) is 1. The van der Waals surface area contributed by atoms with E-state index < -0.39 is 10.0 Å². The Hall–Kier alpha value is -1.06. The lowest BCUT2D eigenvalue weighted by molar-refractivity contribution is -0.120. The van der Waals surface area contributed by atoms with Gasteiger partial charge in [-0.2, -0.15) is 0 Å². The van der Waals surface area contributed by atoms with Gasteiger partial charge in [-0.1, -0.05) is 18.3 Å². The number of amides is 1. The highest BCUT2D eigenvalue weighted by molar-refractivity contribution is 7.89. The number of carbonyl (C=O) groups excluding carboxylic acids is 1. The van der Waals surface area contributed by atoms with E-state index in [4.69, 9.17) is 0 Å². The van der Waals surface area contributed by atoms with Crippen LogP contribution in [0.4, 0.5) is 5.13 Å². The molecule has 1 aliphatic rings. The number of sulfonamides is 1. The van der Waals surface area contributed by atoms with Crippen molar-refractivity contribution in [3.8, 4) is 0 Å². The molecule has 0 unspecified atom stereocenters. The van der Waals surface area contributed by atoms with Gasteiger partial charge in [0.15, 0.2) is 0 Å². The minimum absolute atomic E-state index is 0.0671. The van der Waals surface area contributed by atoms with E-state index in [0.717, 1.165) is 11.4 Å². The van der Waals surface area contributed by atoms with E-state index in [2.05, 4.69) is 15.5 Å². The molecule has 0 bridgehead atoms. The van der Waals surface area contributed by atoms with Crippen molar-refractivity contribution in [1.29, 1.82) is 0 Å².